The monoisotopic (exact) mass is 399 g/mol. The molecule has 0 saturated carbocycles. The molecule has 28 heavy (non-hydrogen) atoms. The first-order chi connectivity index (χ1) is 13.4. The lowest BCUT2D eigenvalue weighted by Gasteiger charge is -2.27. The Kier molecular flexibility index (Phi) is 17.2. The first-order valence-corrected chi connectivity index (χ1v) is 11.3. The lowest BCUT2D eigenvalue weighted by molar-refractivity contribution is -0.139. The third-order valence-corrected chi connectivity index (χ3v) is 5.32. The van der Waals surface area contributed by atoms with Gasteiger partial charge >= 0.3 is 5.97 Å². The first kappa shape index (κ1) is 26.9. The highest BCUT2D eigenvalue weighted by Gasteiger charge is 2.25. The van der Waals surface area contributed by atoms with Crippen molar-refractivity contribution in [3.05, 3.63) is 0 Å². The van der Waals surface area contributed by atoms with Crippen LogP contribution in [-0.4, -0.2) is 48.7 Å². The molecule has 0 fully saturated rings. The van der Waals surface area contributed by atoms with E-state index in [1.165, 1.54) is 64.2 Å². The second-order valence-corrected chi connectivity index (χ2v) is 8.26. The zero-order valence-corrected chi connectivity index (χ0v) is 18.5. The third-order valence-electron chi connectivity index (χ3n) is 5.32. The predicted octanol–water partition coefficient (Wildman–Crippen LogP) is 4.13. The van der Waals surface area contributed by atoms with E-state index in [0.29, 0.717) is 6.54 Å². The molecule has 1 unspecified atom stereocenters. The maximum atomic E-state index is 12.1. The minimum atomic E-state index is -0.920. The van der Waals surface area contributed by atoms with Gasteiger partial charge in [-0.1, -0.05) is 77.6 Å². The normalized spacial score (nSPS) is 13.5. The average molecular weight is 400 g/mol. The van der Waals surface area contributed by atoms with Gasteiger partial charge in [0.15, 0.2) is 0 Å². The van der Waals surface area contributed by atoms with Gasteiger partial charge in [-0.25, -0.2) is 0 Å². The Morgan fingerprint density at radius 2 is 1.32 bits per heavy atom. The van der Waals surface area contributed by atoms with Crippen molar-refractivity contribution >= 4 is 11.9 Å². The second-order valence-electron chi connectivity index (χ2n) is 8.26. The van der Waals surface area contributed by atoms with E-state index in [4.69, 9.17) is 10.8 Å². The SMILES string of the molecule is CCCCCCCCCCCCCCNC(=O)CC(CC(=O)O)[C@H](N)N(C)C. The van der Waals surface area contributed by atoms with Crippen LogP contribution in [0.3, 0.4) is 0 Å². The number of hydrogen-bond donors (Lipinski definition) is 3. The maximum Gasteiger partial charge on any atom is 0.303 e. The summed E-state index contributed by atoms with van der Waals surface area (Å²) in [6.07, 6.45) is 15.1. The molecule has 0 aromatic carbocycles. The molecule has 0 aromatic rings. The van der Waals surface area contributed by atoms with Gasteiger partial charge in [-0.15, -0.1) is 0 Å². The summed E-state index contributed by atoms with van der Waals surface area (Å²) >= 11 is 0. The number of amides is 1. The van der Waals surface area contributed by atoms with Crippen LogP contribution in [-0.2, 0) is 9.59 Å². The summed E-state index contributed by atoms with van der Waals surface area (Å²) in [4.78, 5) is 24.8. The number of carbonyl (C=O) groups excluding carboxylic acids is 1. The van der Waals surface area contributed by atoms with Crippen molar-refractivity contribution in [2.45, 2.75) is 103 Å². The number of carbonyl (C=O) groups is 2. The molecular weight excluding hydrogens is 354 g/mol. The van der Waals surface area contributed by atoms with Crippen LogP contribution in [0, 0.1) is 5.92 Å². The summed E-state index contributed by atoms with van der Waals surface area (Å²) in [5.41, 5.74) is 6.01. The lowest BCUT2D eigenvalue weighted by Crippen LogP contribution is -2.45. The number of unbranched alkanes of at least 4 members (excludes halogenated alkanes) is 11. The summed E-state index contributed by atoms with van der Waals surface area (Å²) < 4.78 is 0. The molecule has 0 radical (unpaired) electrons. The van der Waals surface area contributed by atoms with Gasteiger partial charge in [-0.3, -0.25) is 14.5 Å². The molecule has 6 nitrogen and oxygen atoms in total. The summed E-state index contributed by atoms with van der Waals surface area (Å²) in [7, 11) is 3.59. The van der Waals surface area contributed by atoms with Crippen molar-refractivity contribution < 1.29 is 14.7 Å². The predicted molar refractivity (Wildman–Crippen MR) is 116 cm³/mol. The molecule has 4 N–H and O–H groups in total. The molecule has 0 rings (SSSR count). The van der Waals surface area contributed by atoms with Gasteiger partial charge < -0.3 is 16.2 Å². The van der Waals surface area contributed by atoms with Gasteiger partial charge in [0, 0.05) is 18.9 Å². The number of rotatable bonds is 19. The van der Waals surface area contributed by atoms with Crippen LogP contribution in [0.2, 0.25) is 0 Å². The van der Waals surface area contributed by atoms with Crippen LogP contribution in [0.15, 0.2) is 0 Å². The zero-order valence-electron chi connectivity index (χ0n) is 18.5. The van der Waals surface area contributed by atoms with Gasteiger partial charge in [0.05, 0.1) is 12.6 Å². The Morgan fingerprint density at radius 1 is 0.857 bits per heavy atom. The molecule has 0 bridgehead atoms. The van der Waals surface area contributed by atoms with Gasteiger partial charge in [-0.05, 0) is 20.5 Å². The van der Waals surface area contributed by atoms with Gasteiger partial charge in [-0.2, -0.15) is 0 Å². The molecule has 0 spiro atoms. The Morgan fingerprint density at radius 3 is 1.75 bits per heavy atom. The van der Waals surface area contributed by atoms with Crippen LogP contribution in [0.25, 0.3) is 0 Å². The van der Waals surface area contributed by atoms with Crippen LogP contribution in [0.5, 0.6) is 0 Å². The van der Waals surface area contributed by atoms with E-state index < -0.39 is 12.1 Å². The van der Waals surface area contributed by atoms with E-state index in [-0.39, 0.29) is 24.7 Å². The van der Waals surface area contributed by atoms with E-state index in [1.54, 1.807) is 19.0 Å². The summed E-state index contributed by atoms with van der Waals surface area (Å²) in [5.74, 6) is -1.41. The van der Waals surface area contributed by atoms with Gasteiger partial charge in [0.25, 0.3) is 0 Å². The summed E-state index contributed by atoms with van der Waals surface area (Å²) in [6.45, 7) is 2.91. The van der Waals surface area contributed by atoms with Crippen molar-refractivity contribution in [1.82, 2.24) is 10.2 Å². The van der Waals surface area contributed by atoms with E-state index in [0.717, 1.165) is 12.8 Å². The highest BCUT2D eigenvalue weighted by atomic mass is 16.4. The maximum absolute atomic E-state index is 12.1. The van der Waals surface area contributed by atoms with Crippen molar-refractivity contribution in [1.29, 1.82) is 0 Å². The number of nitrogens with two attached hydrogens (primary N) is 1. The van der Waals surface area contributed by atoms with Crippen molar-refractivity contribution in [3.8, 4) is 0 Å². The zero-order chi connectivity index (χ0) is 21.2. The molecule has 1 amide bonds. The second kappa shape index (κ2) is 17.9. The van der Waals surface area contributed by atoms with Gasteiger partial charge in [0.1, 0.15) is 0 Å². The number of nitrogens with zero attached hydrogens (tertiary/aromatic N) is 1. The highest BCUT2D eigenvalue weighted by Crippen LogP contribution is 2.15. The molecule has 0 aromatic heterocycles. The Hall–Kier alpha value is -1.14. The topological polar surface area (TPSA) is 95.7 Å². The molecule has 0 saturated heterocycles. The van der Waals surface area contributed by atoms with E-state index in [1.807, 2.05) is 0 Å². The Labute approximate surface area is 172 Å². The van der Waals surface area contributed by atoms with E-state index >= 15 is 0 Å². The number of carboxylic acid groups (broad SMARTS) is 1. The van der Waals surface area contributed by atoms with Crippen molar-refractivity contribution in [2.75, 3.05) is 20.6 Å². The standard InChI is InChI=1S/C22H45N3O3/c1-4-5-6-7-8-9-10-11-12-13-14-15-16-24-20(26)17-19(18-21(27)28)22(23)25(2)3/h19,22H,4-18,23H2,1-3H3,(H,24,26)(H,27,28)/t19?,22-/m1/s1. The van der Waals surface area contributed by atoms with Gasteiger partial charge in [0.2, 0.25) is 5.91 Å². The van der Waals surface area contributed by atoms with Crippen LogP contribution in [0.4, 0.5) is 0 Å². The highest BCUT2D eigenvalue weighted by molar-refractivity contribution is 5.77. The molecule has 0 aliphatic carbocycles. The van der Waals surface area contributed by atoms with Crippen LogP contribution >= 0.6 is 0 Å². The smallest absolute Gasteiger partial charge is 0.303 e. The minimum absolute atomic E-state index is 0.0919. The molecule has 0 heterocycles. The number of hydrogen-bond acceptors (Lipinski definition) is 4. The molecule has 6 heteroatoms. The van der Waals surface area contributed by atoms with E-state index in [2.05, 4.69) is 12.2 Å². The molecular formula is C22H45N3O3. The summed E-state index contributed by atoms with van der Waals surface area (Å²) in [5, 5.41) is 11.9. The number of nitrogens with one attached hydrogen (secondary N) is 1. The van der Waals surface area contributed by atoms with Crippen molar-refractivity contribution in [2.24, 2.45) is 11.7 Å². The fraction of sp³-hybridized carbons (Fsp3) is 0.909. The van der Waals surface area contributed by atoms with Crippen molar-refractivity contribution in [3.63, 3.8) is 0 Å². The largest absolute Gasteiger partial charge is 0.481 e. The van der Waals surface area contributed by atoms with Crippen LogP contribution in [0.1, 0.15) is 96.8 Å². The lowest BCUT2D eigenvalue weighted by atomic mass is 9.97. The summed E-state index contributed by atoms with van der Waals surface area (Å²) in [6, 6.07) is 0. The fourth-order valence-corrected chi connectivity index (χ4v) is 3.46. The Bertz CT molecular complexity index is 402. The number of carboxylic acids is 1. The average Bonchev–Trinajstić information content (AvgIpc) is 2.63. The molecule has 2 atom stereocenters. The molecule has 166 valence electrons. The Balaban J connectivity index is 3.66. The third kappa shape index (κ3) is 15.9. The molecule has 0 aliphatic rings. The van der Waals surface area contributed by atoms with Crippen LogP contribution < -0.4 is 11.1 Å². The fourth-order valence-electron chi connectivity index (χ4n) is 3.46. The first-order valence-electron chi connectivity index (χ1n) is 11.3. The molecule has 0 aliphatic heterocycles. The number of aliphatic carboxylic acids is 1. The minimum Gasteiger partial charge on any atom is -0.481 e. The quantitative estimate of drug-likeness (QED) is 0.224. The van der Waals surface area contributed by atoms with E-state index in [9.17, 15) is 9.59 Å².